The molecule has 0 aliphatic rings. The molecule has 2 rings (SSSR count). The van der Waals surface area contributed by atoms with E-state index in [1.807, 2.05) is 6.92 Å². The molecule has 0 aliphatic heterocycles. The van der Waals surface area contributed by atoms with E-state index in [1.165, 1.54) is 6.26 Å². The number of nitrogens with zero attached hydrogens (tertiary/aromatic N) is 2. The number of nitrogens with one attached hydrogen (secondary N) is 1. The van der Waals surface area contributed by atoms with Gasteiger partial charge in [0.1, 0.15) is 6.26 Å². The lowest BCUT2D eigenvalue weighted by Gasteiger charge is -2.01. The Labute approximate surface area is 109 Å². The second-order valence-electron chi connectivity index (χ2n) is 3.98. The Bertz CT molecular complexity index is 493. The van der Waals surface area contributed by atoms with Gasteiger partial charge >= 0.3 is 0 Å². The lowest BCUT2D eigenvalue weighted by molar-refractivity contribution is 0.0944. The van der Waals surface area contributed by atoms with Gasteiger partial charge in [0.15, 0.2) is 5.69 Å². The van der Waals surface area contributed by atoms with Gasteiger partial charge in [0.25, 0.3) is 5.91 Å². The number of carbonyl (C=O) groups is 1. The number of unbranched alkanes of at least 4 members (excludes halogenated alkanes) is 1. The van der Waals surface area contributed by atoms with E-state index in [9.17, 15) is 4.79 Å². The van der Waals surface area contributed by atoms with Crippen LogP contribution in [0.1, 0.15) is 34.0 Å². The molecule has 1 N–H and O–H groups in total. The van der Waals surface area contributed by atoms with E-state index in [2.05, 4.69) is 25.4 Å². The monoisotopic (exact) mass is 265 g/mol. The molecule has 96 valence electrons. The predicted octanol–water partition coefficient (Wildman–Crippen LogP) is 2.19. The van der Waals surface area contributed by atoms with Crippen LogP contribution in [-0.2, 0) is 6.42 Å². The Kier molecular flexibility index (Phi) is 4.46. The fraction of sp³-hybridized carbons (Fsp3) is 0.417. The zero-order chi connectivity index (χ0) is 12.8. The summed E-state index contributed by atoms with van der Waals surface area (Å²) in [5, 5.41) is 9.59. The molecule has 1 amide bonds. The maximum absolute atomic E-state index is 11.5. The van der Waals surface area contributed by atoms with Gasteiger partial charge in [-0.1, -0.05) is 5.16 Å². The van der Waals surface area contributed by atoms with Gasteiger partial charge in [-0.2, -0.15) is 0 Å². The van der Waals surface area contributed by atoms with E-state index in [-0.39, 0.29) is 5.91 Å². The number of aromatic nitrogens is 2. The summed E-state index contributed by atoms with van der Waals surface area (Å²) in [6.45, 7) is 2.65. The molecule has 2 aromatic rings. The summed E-state index contributed by atoms with van der Waals surface area (Å²) in [5.41, 5.74) is 1.40. The van der Waals surface area contributed by atoms with Crippen LogP contribution in [0, 0.1) is 6.92 Å². The van der Waals surface area contributed by atoms with E-state index < -0.39 is 0 Å². The zero-order valence-corrected chi connectivity index (χ0v) is 11.0. The van der Waals surface area contributed by atoms with Crippen molar-refractivity contribution in [3.05, 3.63) is 34.1 Å². The van der Waals surface area contributed by atoms with Crippen LogP contribution in [0.5, 0.6) is 0 Å². The maximum atomic E-state index is 11.5. The quantitative estimate of drug-likeness (QED) is 0.813. The molecule has 0 fully saturated rings. The van der Waals surface area contributed by atoms with Crippen molar-refractivity contribution in [3.63, 3.8) is 0 Å². The van der Waals surface area contributed by atoms with Crippen LogP contribution in [0.2, 0.25) is 0 Å². The highest BCUT2D eigenvalue weighted by Crippen LogP contribution is 2.11. The van der Waals surface area contributed by atoms with Crippen LogP contribution < -0.4 is 5.32 Å². The van der Waals surface area contributed by atoms with Crippen molar-refractivity contribution in [2.75, 3.05) is 6.54 Å². The fourth-order valence-electron chi connectivity index (χ4n) is 1.54. The Morgan fingerprint density at radius 3 is 3.06 bits per heavy atom. The first-order valence-corrected chi connectivity index (χ1v) is 6.73. The first-order valence-electron chi connectivity index (χ1n) is 5.85. The van der Waals surface area contributed by atoms with Gasteiger partial charge < -0.3 is 9.84 Å². The molecular formula is C12H15N3O2S. The lowest BCUT2D eigenvalue weighted by atomic mass is 10.2. The Balaban J connectivity index is 1.60. The standard InChI is InChI=1S/C12H15N3O2S/c1-9-8-18-11(14-9)4-2-3-6-13-12(16)10-5-7-17-15-10/h5,7-8H,2-4,6H2,1H3,(H,13,16). The molecule has 0 aromatic carbocycles. The van der Waals surface area contributed by atoms with Gasteiger partial charge in [0.05, 0.1) is 5.01 Å². The number of rotatable bonds is 6. The van der Waals surface area contributed by atoms with Crippen molar-refractivity contribution in [1.29, 1.82) is 0 Å². The molecule has 0 radical (unpaired) electrons. The molecule has 0 aliphatic carbocycles. The predicted molar refractivity (Wildman–Crippen MR) is 68.6 cm³/mol. The molecule has 6 heteroatoms. The average molecular weight is 265 g/mol. The third kappa shape index (κ3) is 3.66. The molecule has 2 heterocycles. The van der Waals surface area contributed by atoms with Gasteiger partial charge in [-0.05, 0) is 26.2 Å². The Morgan fingerprint density at radius 2 is 2.39 bits per heavy atom. The largest absolute Gasteiger partial charge is 0.364 e. The SMILES string of the molecule is Cc1csc(CCCCNC(=O)c2ccon2)n1. The highest BCUT2D eigenvalue weighted by Gasteiger charge is 2.07. The van der Waals surface area contributed by atoms with Crippen LogP contribution in [0.4, 0.5) is 0 Å². The summed E-state index contributed by atoms with van der Waals surface area (Å²) in [6, 6.07) is 1.55. The van der Waals surface area contributed by atoms with E-state index >= 15 is 0 Å². The number of thiazole rings is 1. The van der Waals surface area contributed by atoms with Crippen LogP contribution >= 0.6 is 11.3 Å². The van der Waals surface area contributed by atoms with E-state index in [4.69, 9.17) is 0 Å². The molecule has 0 saturated carbocycles. The number of aryl methyl sites for hydroxylation is 2. The van der Waals surface area contributed by atoms with Gasteiger partial charge in [-0.3, -0.25) is 4.79 Å². The third-order valence-electron chi connectivity index (χ3n) is 2.44. The van der Waals surface area contributed by atoms with Crippen molar-refractivity contribution in [1.82, 2.24) is 15.5 Å². The topological polar surface area (TPSA) is 68.0 Å². The zero-order valence-electron chi connectivity index (χ0n) is 10.2. The highest BCUT2D eigenvalue weighted by atomic mass is 32.1. The molecule has 5 nitrogen and oxygen atoms in total. The average Bonchev–Trinajstić information content (AvgIpc) is 2.99. The van der Waals surface area contributed by atoms with Crippen LogP contribution in [0.25, 0.3) is 0 Å². The molecular weight excluding hydrogens is 250 g/mol. The molecule has 0 unspecified atom stereocenters. The minimum atomic E-state index is -0.186. The number of hydrogen-bond donors (Lipinski definition) is 1. The minimum absolute atomic E-state index is 0.186. The molecule has 0 bridgehead atoms. The van der Waals surface area contributed by atoms with Crippen molar-refractivity contribution in [2.24, 2.45) is 0 Å². The van der Waals surface area contributed by atoms with Crippen molar-refractivity contribution in [2.45, 2.75) is 26.2 Å². The van der Waals surface area contributed by atoms with E-state index in [0.29, 0.717) is 12.2 Å². The molecule has 2 aromatic heterocycles. The molecule has 0 saturated heterocycles. The Hall–Kier alpha value is -1.69. The maximum Gasteiger partial charge on any atom is 0.273 e. The highest BCUT2D eigenvalue weighted by molar-refractivity contribution is 7.09. The van der Waals surface area contributed by atoms with Gasteiger partial charge in [-0.15, -0.1) is 11.3 Å². The summed E-state index contributed by atoms with van der Waals surface area (Å²) < 4.78 is 4.61. The first kappa shape index (κ1) is 12.8. The number of hydrogen-bond acceptors (Lipinski definition) is 5. The van der Waals surface area contributed by atoms with Gasteiger partial charge in [-0.25, -0.2) is 4.98 Å². The molecule has 18 heavy (non-hydrogen) atoms. The first-order chi connectivity index (χ1) is 8.75. The van der Waals surface area contributed by atoms with Crippen LogP contribution in [-0.4, -0.2) is 22.6 Å². The smallest absolute Gasteiger partial charge is 0.273 e. The summed E-state index contributed by atoms with van der Waals surface area (Å²) in [4.78, 5) is 15.9. The fourth-order valence-corrected chi connectivity index (χ4v) is 2.36. The third-order valence-corrected chi connectivity index (χ3v) is 3.47. The van der Waals surface area contributed by atoms with Gasteiger partial charge in [0, 0.05) is 23.7 Å². The summed E-state index contributed by atoms with van der Waals surface area (Å²) in [7, 11) is 0. The van der Waals surface area contributed by atoms with Crippen molar-refractivity contribution in [3.8, 4) is 0 Å². The van der Waals surface area contributed by atoms with Gasteiger partial charge in [0.2, 0.25) is 0 Å². The normalized spacial score (nSPS) is 10.5. The lowest BCUT2D eigenvalue weighted by Crippen LogP contribution is -2.24. The number of amides is 1. The minimum Gasteiger partial charge on any atom is -0.364 e. The number of carbonyl (C=O) groups excluding carboxylic acids is 1. The summed E-state index contributed by atoms with van der Waals surface area (Å²) in [6.07, 6.45) is 4.31. The van der Waals surface area contributed by atoms with Crippen LogP contribution in [0.15, 0.2) is 22.2 Å². The second-order valence-corrected chi connectivity index (χ2v) is 4.92. The van der Waals surface area contributed by atoms with E-state index in [0.717, 1.165) is 30.0 Å². The van der Waals surface area contributed by atoms with Crippen LogP contribution in [0.3, 0.4) is 0 Å². The Morgan fingerprint density at radius 1 is 1.50 bits per heavy atom. The summed E-state index contributed by atoms with van der Waals surface area (Å²) >= 11 is 1.69. The second kappa shape index (κ2) is 6.30. The molecule has 0 spiro atoms. The van der Waals surface area contributed by atoms with Crippen molar-refractivity contribution < 1.29 is 9.32 Å². The van der Waals surface area contributed by atoms with E-state index in [1.54, 1.807) is 17.4 Å². The van der Waals surface area contributed by atoms with Crippen molar-refractivity contribution >= 4 is 17.2 Å². The molecule has 0 atom stereocenters. The summed E-state index contributed by atoms with van der Waals surface area (Å²) in [5.74, 6) is -0.186.